The van der Waals surface area contributed by atoms with E-state index >= 15 is 0 Å². The van der Waals surface area contributed by atoms with Gasteiger partial charge in [-0.1, -0.05) is 30.3 Å². The van der Waals surface area contributed by atoms with Gasteiger partial charge >= 0.3 is 0 Å². The fraction of sp³-hybridized carbons (Fsp3) is 0.167. The van der Waals surface area contributed by atoms with Crippen molar-refractivity contribution in [3.05, 3.63) is 40.7 Å². The third kappa shape index (κ3) is 2.13. The lowest BCUT2D eigenvalue weighted by Crippen LogP contribution is -2.19. The molecule has 0 fully saturated rings. The van der Waals surface area contributed by atoms with Gasteiger partial charge in [-0.15, -0.1) is 0 Å². The Labute approximate surface area is 98.4 Å². The van der Waals surface area contributed by atoms with Crippen LogP contribution in [0.5, 0.6) is 5.88 Å². The molecule has 1 heterocycles. The monoisotopic (exact) mass is 231 g/mol. The maximum atomic E-state index is 11.9. The van der Waals surface area contributed by atoms with Crippen LogP contribution < -0.4 is 10.5 Å². The lowest BCUT2D eigenvalue weighted by Gasteiger charge is -2.12. The van der Waals surface area contributed by atoms with Gasteiger partial charge in [0, 0.05) is 14.1 Å². The Balaban J connectivity index is 2.61. The van der Waals surface area contributed by atoms with Crippen LogP contribution in [0.25, 0.3) is 11.1 Å². The topological polar surface area (TPSA) is 69.2 Å². The van der Waals surface area contributed by atoms with Crippen molar-refractivity contribution in [2.45, 2.75) is 0 Å². The van der Waals surface area contributed by atoms with E-state index < -0.39 is 0 Å². The summed E-state index contributed by atoms with van der Waals surface area (Å²) in [6, 6.07) is 8.95. The van der Waals surface area contributed by atoms with E-state index in [-0.39, 0.29) is 17.0 Å². The molecule has 2 N–H and O–H groups in total. The first-order valence-corrected chi connectivity index (χ1v) is 5.15. The van der Waals surface area contributed by atoms with Gasteiger partial charge in [0.25, 0.3) is 5.56 Å². The molecule has 0 aliphatic heterocycles. The average Bonchev–Trinajstić information content (AvgIpc) is 2.29. The van der Waals surface area contributed by atoms with Crippen LogP contribution in [0.15, 0.2) is 35.1 Å². The van der Waals surface area contributed by atoms with E-state index in [0.29, 0.717) is 11.5 Å². The minimum absolute atomic E-state index is 0.191. The van der Waals surface area contributed by atoms with Crippen LogP contribution in [-0.4, -0.2) is 29.2 Å². The molecule has 0 unspecified atom stereocenters. The Kier molecular flexibility index (Phi) is 2.82. The number of hydrogen-bond acceptors (Lipinski definition) is 4. The Hall–Kier alpha value is -2.30. The van der Waals surface area contributed by atoms with Crippen LogP contribution in [-0.2, 0) is 0 Å². The molecule has 0 saturated carbocycles. The van der Waals surface area contributed by atoms with Crippen LogP contribution in [0.3, 0.4) is 0 Å². The highest BCUT2D eigenvalue weighted by molar-refractivity contribution is 5.67. The summed E-state index contributed by atoms with van der Waals surface area (Å²) < 4.78 is 0. The SMILES string of the molecule is CN(C)c1nc(O)c(-c2ccccc2)c(=O)[nH]1. The molecule has 0 amide bonds. The molecule has 0 bridgehead atoms. The number of aromatic hydroxyl groups is 1. The third-order valence-electron chi connectivity index (χ3n) is 2.37. The average molecular weight is 231 g/mol. The fourth-order valence-corrected chi connectivity index (χ4v) is 1.53. The van der Waals surface area contributed by atoms with Crippen molar-refractivity contribution in [3.63, 3.8) is 0 Å². The van der Waals surface area contributed by atoms with E-state index in [1.165, 1.54) is 0 Å². The summed E-state index contributed by atoms with van der Waals surface area (Å²) in [6.45, 7) is 0. The standard InChI is InChI=1S/C12H13N3O2/c1-15(2)12-13-10(16)9(11(17)14-12)8-6-4-3-5-7-8/h3-7H,1-2H3,(H2,13,14,16,17). The minimum atomic E-state index is -0.354. The first kappa shape index (κ1) is 11.2. The van der Waals surface area contributed by atoms with Crippen molar-refractivity contribution in [3.8, 4) is 17.0 Å². The zero-order valence-electron chi connectivity index (χ0n) is 9.64. The molecule has 0 radical (unpaired) electrons. The first-order valence-electron chi connectivity index (χ1n) is 5.15. The zero-order chi connectivity index (χ0) is 12.4. The second kappa shape index (κ2) is 4.29. The lowest BCUT2D eigenvalue weighted by atomic mass is 10.1. The maximum absolute atomic E-state index is 11.9. The van der Waals surface area contributed by atoms with Gasteiger partial charge in [0.1, 0.15) is 5.56 Å². The van der Waals surface area contributed by atoms with E-state index in [9.17, 15) is 9.90 Å². The van der Waals surface area contributed by atoms with E-state index in [4.69, 9.17) is 0 Å². The summed E-state index contributed by atoms with van der Waals surface area (Å²) in [5.74, 6) is 0.0656. The fourth-order valence-electron chi connectivity index (χ4n) is 1.53. The van der Waals surface area contributed by atoms with Crippen molar-refractivity contribution in [1.29, 1.82) is 0 Å². The number of aromatic amines is 1. The number of aromatic nitrogens is 2. The summed E-state index contributed by atoms with van der Waals surface area (Å²) in [7, 11) is 3.47. The van der Waals surface area contributed by atoms with Gasteiger partial charge in [0.05, 0.1) is 0 Å². The van der Waals surface area contributed by atoms with E-state index in [0.717, 1.165) is 0 Å². The molecule has 5 nitrogen and oxygen atoms in total. The summed E-state index contributed by atoms with van der Waals surface area (Å²) in [4.78, 5) is 20.1. The van der Waals surface area contributed by atoms with Crippen LogP contribution in [0.1, 0.15) is 0 Å². The van der Waals surface area contributed by atoms with Gasteiger partial charge < -0.3 is 10.0 Å². The Morgan fingerprint density at radius 2 is 1.88 bits per heavy atom. The second-order valence-corrected chi connectivity index (χ2v) is 3.85. The summed E-state index contributed by atoms with van der Waals surface area (Å²) in [5.41, 5.74) is 0.479. The van der Waals surface area contributed by atoms with Crippen molar-refractivity contribution in [2.75, 3.05) is 19.0 Å². The second-order valence-electron chi connectivity index (χ2n) is 3.85. The summed E-state index contributed by atoms with van der Waals surface area (Å²) in [6.07, 6.45) is 0. The van der Waals surface area contributed by atoms with Crippen LogP contribution in [0.2, 0.25) is 0 Å². The molecule has 1 aromatic carbocycles. The summed E-state index contributed by atoms with van der Waals surface area (Å²) >= 11 is 0. The van der Waals surface area contributed by atoms with Gasteiger partial charge in [0.15, 0.2) is 0 Å². The molecular weight excluding hydrogens is 218 g/mol. The Morgan fingerprint density at radius 1 is 1.24 bits per heavy atom. The van der Waals surface area contributed by atoms with Crippen LogP contribution in [0.4, 0.5) is 5.95 Å². The molecule has 0 aliphatic carbocycles. The normalized spacial score (nSPS) is 10.2. The third-order valence-corrected chi connectivity index (χ3v) is 2.37. The molecule has 0 saturated heterocycles. The minimum Gasteiger partial charge on any atom is -0.493 e. The molecule has 0 aliphatic rings. The van der Waals surface area contributed by atoms with Crippen LogP contribution in [0, 0.1) is 0 Å². The zero-order valence-corrected chi connectivity index (χ0v) is 9.64. The van der Waals surface area contributed by atoms with E-state index in [1.54, 1.807) is 43.3 Å². The Bertz CT molecular complexity index is 576. The molecular formula is C12H13N3O2. The molecule has 88 valence electrons. The molecule has 0 spiro atoms. The predicted molar refractivity (Wildman–Crippen MR) is 66.3 cm³/mol. The van der Waals surface area contributed by atoms with Gasteiger partial charge in [-0.05, 0) is 5.56 Å². The molecule has 2 rings (SSSR count). The van der Waals surface area contributed by atoms with Crippen LogP contribution >= 0.6 is 0 Å². The molecule has 5 heteroatoms. The van der Waals surface area contributed by atoms with Crippen molar-refractivity contribution in [1.82, 2.24) is 9.97 Å². The first-order chi connectivity index (χ1) is 8.09. The quantitative estimate of drug-likeness (QED) is 0.815. The number of benzene rings is 1. The number of nitrogens with zero attached hydrogens (tertiary/aromatic N) is 2. The highest BCUT2D eigenvalue weighted by Gasteiger charge is 2.13. The number of hydrogen-bond donors (Lipinski definition) is 2. The van der Waals surface area contributed by atoms with Crippen molar-refractivity contribution >= 4 is 5.95 Å². The Morgan fingerprint density at radius 3 is 2.41 bits per heavy atom. The van der Waals surface area contributed by atoms with E-state index in [2.05, 4.69) is 9.97 Å². The molecule has 1 aromatic heterocycles. The van der Waals surface area contributed by atoms with Crippen molar-refractivity contribution < 1.29 is 5.11 Å². The summed E-state index contributed by atoms with van der Waals surface area (Å²) in [5, 5.41) is 9.82. The predicted octanol–water partition coefficient (Wildman–Crippen LogP) is 1.21. The number of H-pyrrole nitrogens is 1. The number of nitrogens with one attached hydrogen (secondary N) is 1. The highest BCUT2D eigenvalue weighted by atomic mass is 16.3. The van der Waals surface area contributed by atoms with E-state index in [1.807, 2.05) is 6.07 Å². The molecule has 17 heavy (non-hydrogen) atoms. The largest absolute Gasteiger partial charge is 0.493 e. The highest BCUT2D eigenvalue weighted by Crippen LogP contribution is 2.23. The van der Waals surface area contributed by atoms with Gasteiger partial charge in [0.2, 0.25) is 11.8 Å². The lowest BCUT2D eigenvalue weighted by molar-refractivity contribution is 0.453. The molecule has 2 aromatic rings. The number of anilines is 1. The molecule has 0 atom stereocenters. The smallest absolute Gasteiger partial charge is 0.264 e. The van der Waals surface area contributed by atoms with Gasteiger partial charge in [-0.3, -0.25) is 9.78 Å². The maximum Gasteiger partial charge on any atom is 0.264 e. The van der Waals surface area contributed by atoms with Crippen molar-refractivity contribution in [2.24, 2.45) is 0 Å². The van der Waals surface area contributed by atoms with Gasteiger partial charge in [-0.2, -0.15) is 4.98 Å². The van der Waals surface area contributed by atoms with Gasteiger partial charge in [-0.25, -0.2) is 0 Å². The number of rotatable bonds is 2.